The summed E-state index contributed by atoms with van der Waals surface area (Å²) < 4.78 is 0. The van der Waals surface area contributed by atoms with E-state index in [9.17, 15) is 14.7 Å². The van der Waals surface area contributed by atoms with E-state index in [-0.39, 0.29) is 29.1 Å². The van der Waals surface area contributed by atoms with E-state index in [4.69, 9.17) is 19.9 Å². The molecule has 6 heterocycles. The fraction of sp³-hybridized carbons (Fsp3) is 0.381. The molecular formula is C42H47CoN5O3S2. The van der Waals surface area contributed by atoms with Crippen LogP contribution in [-0.4, -0.2) is 44.5 Å². The van der Waals surface area contributed by atoms with Crippen molar-refractivity contribution in [2.75, 3.05) is 12.3 Å². The maximum atomic E-state index is 13.1. The van der Waals surface area contributed by atoms with Gasteiger partial charge in [0.25, 0.3) is 0 Å². The molecule has 279 valence electrons. The number of aromatic nitrogens is 4. The predicted molar refractivity (Wildman–Crippen MR) is 219 cm³/mol. The van der Waals surface area contributed by atoms with E-state index in [1.807, 2.05) is 85.7 Å². The van der Waals surface area contributed by atoms with Crippen molar-refractivity contribution in [3.05, 3.63) is 88.5 Å². The zero-order chi connectivity index (χ0) is 36.9. The minimum atomic E-state index is -0.868. The van der Waals surface area contributed by atoms with Gasteiger partial charge in [0.2, 0.25) is 5.91 Å². The third-order valence-electron chi connectivity index (χ3n) is 10.3. The number of amides is 1. The number of unbranched alkanes of at least 4 members (excludes halogenated alkanes) is 2. The molecule has 1 fully saturated rings. The van der Waals surface area contributed by atoms with Gasteiger partial charge in [-0.3, -0.25) is 9.59 Å². The summed E-state index contributed by atoms with van der Waals surface area (Å²) in [6.45, 7) is 16.9. The largest absolute Gasteiger partial charge is 2.00 e. The molecule has 0 spiro atoms. The van der Waals surface area contributed by atoms with Crippen LogP contribution in [0.25, 0.3) is 50.4 Å². The van der Waals surface area contributed by atoms with Crippen molar-refractivity contribution >= 4 is 83.9 Å². The first-order valence-electron chi connectivity index (χ1n) is 18.1. The number of allylic oxidation sites excluding steroid dienone is 5. The first kappa shape index (κ1) is 40.4. The number of carboxylic acids is 1. The van der Waals surface area contributed by atoms with Crippen LogP contribution in [0.4, 0.5) is 0 Å². The number of fused-ring (bicyclic) bond motifs is 8. The molecule has 3 aliphatic rings. The Morgan fingerprint density at radius 2 is 1.53 bits per heavy atom. The second-order valence-electron chi connectivity index (χ2n) is 13.7. The molecule has 3 aromatic heterocycles. The normalized spacial score (nSPS) is 15.4. The summed E-state index contributed by atoms with van der Waals surface area (Å²) in [6.07, 6.45) is 10.7. The molecule has 3 aromatic rings. The molecule has 0 saturated carbocycles. The summed E-state index contributed by atoms with van der Waals surface area (Å²) in [5.74, 6) is 0.422. The first-order valence-corrected chi connectivity index (χ1v) is 20.5. The minimum Gasteiger partial charge on any atom is -0.657 e. The number of carbonyl (C=O) groups is 2. The molecule has 8 nitrogen and oxygen atoms in total. The van der Waals surface area contributed by atoms with Crippen molar-refractivity contribution in [3.8, 4) is 0 Å². The molecule has 2 N–H and O–H groups in total. The third-order valence-corrected chi connectivity index (χ3v) is 13.3. The summed E-state index contributed by atoms with van der Waals surface area (Å²) in [4.78, 5) is 45.0. The summed E-state index contributed by atoms with van der Waals surface area (Å²) in [7, 11) is 4.01. The molecule has 1 atom stereocenters. The molecule has 0 aliphatic carbocycles. The maximum Gasteiger partial charge on any atom is 2.00 e. The van der Waals surface area contributed by atoms with Crippen LogP contribution in [0.5, 0.6) is 0 Å². The van der Waals surface area contributed by atoms with Crippen molar-refractivity contribution in [3.63, 3.8) is 0 Å². The molecule has 8 bridgehead atoms. The molecule has 1 saturated heterocycles. The summed E-state index contributed by atoms with van der Waals surface area (Å²) in [5, 5.41) is 13.5. The van der Waals surface area contributed by atoms with Gasteiger partial charge < -0.3 is 20.4 Å². The Kier molecular flexibility index (Phi) is 13.8. The fourth-order valence-corrected chi connectivity index (χ4v) is 10.2. The zero-order valence-corrected chi connectivity index (χ0v) is 33.6. The van der Waals surface area contributed by atoms with E-state index in [0.717, 1.165) is 102 Å². The third kappa shape index (κ3) is 9.13. The number of nitrogens with one attached hydrogen (secondary N) is 1. The van der Waals surface area contributed by atoms with Gasteiger partial charge >= 0.3 is 22.7 Å². The van der Waals surface area contributed by atoms with Crippen molar-refractivity contribution in [2.24, 2.45) is 0 Å². The van der Waals surface area contributed by atoms with Gasteiger partial charge in [0.15, 0.2) is 0 Å². The number of hydrogen-bond donors (Lipinski definition) is 2. The van der Waals surface area contributed by atoms with Gasteiger partial charge in [-0.1, -0.05) is 101 Å². The summed E-state index contributed by atoms with van der Waals surface area (Å²) in [6, 6.07) is 7.90. The van der Waals surface area contributed by atoms with Crippen molar-refractivity contribution in [1.29, 1.82) is 0 Å². The predicted octanol–water partition coefficient (Wildman–Crippen LogP) is 9.51. The number of aryl methyl sites for hydroxylation is 3. The Hall–Kier alpha value is -3.77. The van der Waals surface area contributed by atoms with Crippen molar-refractivity contribution in [1.82, 2.24) is 25.3 Å². The minimum absolute atomic E-state index is 0. The second-order valence-corrected chi connectivity index (χ2v) is 16.5. The van der Waals surface area contributed by atoms with E-state index in [0.29, 0.717) is 31.5 Å². The van der Waals surface area contributed by atoms with Gasteiger partial charge in [-0.15, -0.1) is 22.1 Å². The summed E-state index contributed by atoms with van der Waals surface area (Å²) in [5.41, 5.74) is 13.5. The maximum absolute atomic E-state index is 13.1. The monoisotopic (exact) mass is 792 g/mol. The van der Waals surface area contributed by atoms with Gasteiger partial charge in [0.1, 0.15) is 0 Å². The van der Waals surface area contributed by atoms with Gasteiger partial charge in [-0.25, -0.2) is 9.97 Å². The van der Waals surface area contributed by atoms with Gasteiger partial charge in [0, 0.05) is 36.0 Å². The van der Waals surface area contributed by atoms with Crippen LogP contribution >= 0.6 is 21.6 Å². The van der Waals surface area contributed by atoms with E-state index in [1.54, 1.807) is 0 Å². The second kappa shape index (κ2) is 18.0. The Balaban J connectivity index is 0.00000541. The Morgan fingerprint density at radius 3 is 2.25 bits per heavy atom. The van der Waals surface area contributed by atoms with Crippen LogP contribution in [0.1, 0.15) is 110 Å². The number of carbonyl (C=O) groups excluding carboxylic acids is 1. The van der Waals surface area contributed by atoms with Crippen LogP contribution in [0.3, 0.4) is 0 Å². The van der Waals surface area contributed by atoms with Gasteiger partial charge in [-0.05, 0) is 82.1 Å². The number of rotatable bonds is 14. The Labute approximate surface area is 330 Å². The van der Waals surface area contributed by atoms with E-state index in [1.165, 1.54) is 25.0 Å². The molecule has 1 radical (unpaired) electrons. The molecule has 53 heavy (non-hydrogen) atoms. The number of hydrogen-bond acceptors (Lipinski definition) is 6. The van der Waals surface area contributed by atoms with Crippen LogP contribution in [0.15, 0.2) is 43.5 Å². The molecule has 6 rings (SSSR count). The molecule has 3 aliphatic heterocycles. The van der Waals surface area contributed by atoms with E-state index in [2.05, 4.69) is 18.5 Å². The molecule has 1 unspecified atom stereocenters. The quantitative estimate of drug-likeness (QED) is 0.122. The molecular weight excluding hydrogens is 746 g/mol. The zero-order valence-electron chi connectivity index (χ0n) is 30.9. The summed E-state index contributed by atoms with van der Waals surface area (Å²) >= 11 is 0. The van der Waals surface area contributed by atoms with Gasteiger partial charge in [0.05, 0.1) is 22.8 Å². The standard InChI is InChI=1S/C42H49N5O3S2.Co/c1-7-29-24(3)33-20-34-27(6)32(14-16-42(49)50)40(46-34)23-39-31(13-15-41(48)43-18-11-9-10-12-28-17-19-51-52-28)26(5)36(47-39)22-38-30(8-2)25(4)35(45-38)21-37(29)44-33;/h7-8,20-23,28H,1-2,9-19H2,3-6H3,(H4,43,44,45,46,47,48,49,50);/q;+2/p-2. The average Bonchev–Trinajstić information content (AvgIpc) is 3.92. The van der Waals surface area contributed by atoms with Gasteiger partial charge in [-0.2, -0.15) is 0 Å². The average molecular weight is 793 g/mol. The SMILES string of the molecule is C=CC1=C(C)c2cc3[n-]c(cc4nc(cc5[n-]c(cc1n2)c(C)c5CCC(=O)NCCCCCC1CCSS1)C(CCC(=O)O)=C4C)c(C)c3C=C.[Co+2]. The van der Waals surface area contributed by atoms with E-state index >= 15 is 0 Å². The molecule has 11 heteroatoms. The number of carboxylic acid groups (broad SMARTS) is 1. The Morgan fingerprint density at radius 1 is 0.849 bits per heavy atom. The van der Waals surface area contributed by atoms with E-state index < -0.39 is 5.97 Å². The van der Waals surface area contributed by atoms with Crippen LogP contribution in [0, 0.1) is 13.8 Å². The smallest absolute Gasteiger partial charge is 0.657 e. The van der Waals surface area contributed by atoms with Crippen molar-refractivity contribution in [2.45, 2.75) is 90.7 Å². The topological polar surface area (TPSA) is 120 Å². The first-order chi connectivity index (χ1) is 25.1. The number of nitrogens with zero attached hydrogens (tertiary/aromatic N) is 4. The van der Waals surface area contributed by atoms with Crippen LogP contribution < -0.4 is 15.3 Å². The van der Waals surface area contributed by atoms with Crippen LogP contribution in [-0.2, 0) is 32.8 Å². The fourth-order valence-electron chi connectivity index (χ4n) is 7.17. The number of aliphatic carboxylic acids is 1. The molecule has 0 aromatic carbocycles. The van der Waals surface area contributed by atoms with Crippen molar-refractivity contribution < 1.29 is 31.5 Å². The van der Waals surface area contributed by atoms with Crippen LogP contribution in [0.2, 0.25) is 0 Å². The Bertz CT molecular complexity index is 2160. The molecule has 1 amide bonds.